The van der Waals surface area contributed by atoms with Crippen molar-refractivity contribution in [3.63, 3.8) is 0 Å². The van der Waals surface area contributed by atoms with E-state index in [9.17, 15) is 4.79 Å². The molecule has 0 aromatic heterocycles. The van der Waals surface area contributed by atoms with Crippen molar-refractivity contribution in [2.45, 2.75) is 32.7 Å². The van der Waals surface area contributed by atoms with E-state index in [0.29, 0.717) is 5.91 Å². The smallest absolute Gasteiger partial charge is 0.227 e. The average Bonchev–Trinajstić information content (AvgIpc) is 2.68. The molecule has 0 saturated carbocycles. The zero-order valence-electron chi connectivity index (χ0n) is 11.3. The molecule has 0 aromatic carbocycles. The van der Waals surface area contributed by atoms with Gasteiger partial charge in [-0.05, 0) is 31.8 Å². The van der Waals surface area contributed by atoms with Crippen molar-refractivity contribution in [3.05, 3.63) is 0 Å². The minimum absolute atomic E-state index is 0.110. The Kier molecular flexibility index (Phi) is 3.46. The molecular formula is C13H25N3O. The van der Waals surface area contributed by atoms with Gasteiger partial charge in [0.1, 0.15) is 0 Å². The first-order chi connectivity index (χ1) is 7.90. The van der Waals surface area contributed by atoms with Gasteiger partial charge >= 0.3 is 0 Å². The summed E-state index contributed by atoms with van der Waals surface area (Å²) in [5.74, 6) is 0.522. The minimum Gasteiger partial charge on any atom is -0.341 e. The fourth-order valence-electron chi connectivity index (χ4n) is 2.78. The standard InChI is InChI=1S/C13H25N3O/c1-13(2)5-7-16(9-11(13)14)12(17)10-4-6-15(3)8-10/h10-11H,4-9,14H2,1-3H3. The number of carbonyl (C=O) groups excluding carboxylic acids is 1. The molecule has 4 heteroatoms. The highest BCUT2D eigenvalue weighted by molar-refractivity contribution is 5.79. The van der Waals surface area contributed by atoms with Gasteiger partial charge < -0.3 is 15.5 Å². The summed E-state index contributed by atoms with van der Waals surface area (Å²) in [6, 6.07) is 0.110. The molecule has 0 bridgehead atoms. The average molecular weight is 239 g/mol. The Balaban J connectivity index is 1.93. The van der Waals surface area contributed by atoms with Gasteiger partial charge in [-0.1, -0.05) is 13.8 Å². The molecule has 2 saturated heterocycles. The third-order valence-corrected chi connectivity index (χ3v) is 4.50. The monoisotopic (exact) mass is 239 g/mol. The van der Waals surface area contributed by atoms with Crippen molar-refractivity contribution in [1.29, 1.82) is 0 Å². The lowest BCUT2D eigenvalue weighted by molar-refractivity contribution is -0.137. The maximum Gasteiger partial charge on any atom is 0.227 e. The highest BCUT2D eigenvalue weighted by atomic mass is 16.2. The van der Waals surface area contributed by atoms with Gasteiger partial charge in [0.2, 0.25) is 5.91 Å². The van der Waals surface area contributed by atoms with Gasteiger partial charge in [-0.25, -0.2) is 0 Å². The van der Waals surface area contributed by atoms with Crippen LogP contribution >= 0.6 is 0 Å². The Morgan fingerprint density at radius 3 is 2.53 bits per heavy atom. The van der Waals surface area contributed by atoms with Crippen LogP contribution in [0.5, 0.6) is 0 Å². The maximum atomic E-state index is 12.3. The van der Waals surface area contributed by atoms with E-state index in [2.05, 4.69) is 25.8 Å². The van der Waals surface area contributed by atoms with E-state index in [1.807, 2.05) is 4.90 Å². The summed E-state index contributed by atoms with van der Waals surface area (Å²) in [6.07, 6.45) is 2.02. The van der Waals surface area contributed by atoms with Gasteiger partial charge in [0.05, 0.1) is 5.92 Å². The largest absolute Gasteiger partial charge is 0.341 e. The molecule has 1 amide bonds. The van der Waals surface area contributed by atoms with E-state index in [1.165, 1.54) is 0 Å². The Morgan fingerprint density at radius 2 is 2.00 bits per heavy atom. The van der Waals surface area contributed by atoms with Crippen LogP contribution in [0, 0.1) is 11.3 Å². The van der Waals surface area contributed by atoms with Crippen LogP contribution in [0.4, 0.5) is 0 Å². The van der Waals surface area contributed by atoms with Gasteiger partial charge in [0.15, 0.2) is 0 Å². The summed E-state index contributed by atoms with van der Waals surface area (Å²) < 4.78 is 0. The number of likely N-dealkylation sites (tertiary alicyclic amines) is 2. The first-order valence-corrected chi connectivity index (χ1v) is 6.63. The number of piperidine rings is 1. The van der Waals surface area contributed by atoms with Crippen molar-refractivity contribution in [3.8, 4) is 0 Å². The van der Waals surface area contributed by atoms with E-state index >= 15 is 0 Å². The lowest BCUT2D eigenvalue weighted by Gasteiger charge is -2.42. The van der Waals surface area contributed by atoms with Crippen LogP contribution in [-0.2, 0) is 4.79 Å². The van der Waals surface area contributed by atoms with Crippen LogP contribution in [0.2, 0.25) is 0 Å². The number of hydrogen-bond acceptors (Lipinski definition) is 3. The third kappa shape index (κ3) is 2.63. The molecule has 2 unspecified atom stereocenters. The lowest BCUT2D eigenvalue weighted by atomic mass is 9.78. The molecule has 2 heterocycles. The molecule has 0 aliphatic carbocycles. The van der Waals surface area contributed by atoms with E-state index in [4.69, 9.17) is 5.73 Å². The van der Waals surface area contributed by atoms with E-state index < -0.39 is 0 Å². The molecule has 2 atom stereocenters. The van der Waals surface area contributed by atoms with Gasteiger partial charge in [-0.3, -0.25) is 4.79 Å². The number of nitrogens with two attached hydrogens (primary N) is 1. The van der Waals surface area contributed by atoms with E-state index in [-0.39, 0.29) is 17.4 Å². The molecule has 2 rings (SSSR count). The maximum absolute atomic E-state index is 12.3. The van der Waals surface area contributed by atoms with Crippen LogP contribution in [0.1, 0.15) is 26.7 Å². The Labute approximate surface area is 104 Å². The summed E-state index contributed by atoms with van der Waals surface area (Å²) >= 11 is 0. The molecule has 2 aliphatic rings. The number of amides is 1. The fourth-order valence-corrected chi connectivity index (χ4v) is 2.78. The molecule has 98 valence electrons. The Morgan fingerprint density at radius 1 is 1.29 bits per heavy atom. The topological polar surface area (TPSA) is 49.6 Å². The second-order valence-corrected chi connectivity index (χ2v) is 6.38. The van der Waals surface area contributed by atoms with Gasteiger partial charge in [-0.15, -0.1) is 0 Å². The molecule has 0 aromatic rings. The second-order valence-electron chi connectivity index (χ2n) is 6.38. The third-order valence-electron chi connectivity index (χ3n) is 4.50. The fraction of sp³-hybridized carbons (Fsp3) is 0.923. The van der Waals surface area contributed by atoms with Crippen molar-refractivity contribution in [2.24, 2.45) is 17.1 Å². The molecule has 0 radical (unpaired) electrons. The van der Waals surface area contributed by atoms with Crippen molar-refractivity contribution in [1.82, 2.24) is 9.80 Å². The predicted molar refractivity (Wildman–Crippen MR) is 68.6 cm³/mol. The van der Waals surface area contributed by atoms with Crippen LogP contribution < -0.4 is 5.73 Å². The summed E-state index contributed by atoms with van der Waals surface area (Å²) in [7, 11) is 2.08. The highest BCUT2D eigenvalue weighted by Crippen LogP contribution is 2.30. The molecule has 2 aliphatic heterocycles. The number of nitrogens with zero attached hydrogens (tertiary/aromatic N) is 2. The van der Waals surface area contributed by atoms with Crippen LogP contribution in [0.25, 0.3) is 0 Å². The summed E-state index contributed by atoms with van der Waals surface area (Å²) in [5, 5.41) is 0. The summed E-state index contributed by atoms with van der Waals surface area (Å²) in [6.45, 7) is 7.95. The van der Waals surface area contributed by atoms with Crippen molar-refractivity contribution in [2.75, 3.05) is 33.2 Å². The highest BCUT2D eigenvalue weighted by Gasteiger charge is 2.37. The molecule has 17 heavy (non-hydrogen) atoms. The molecule has 4 nitrogen and oxygen atoms in total. The molecule has 2 N–H and O–H groups in total. The summed E-state index contributed by atoms with van der Waals surface area (Å²) in [5.41, 5.74) is 6.33. The molecule has 0 spiro atoms. The van der Waals surface area contributed by atoms with Crippen LogP contribution in [-0.4, -0.2) is 55.0 Å². The SMILES string of the molecule is CN1CCC(C(=O)N2CCC(C)(C)C(N)C2)C1. The van der Waals surface area contributed by atoms with E-state index in [0.717, 1.165) is 39.0 Å². The first kappa shape index (κ1) is 12.8. The number of rotatable bonds is 1. The predicted octanol–water partition coefficient (Wildman–Crippen LogP) is 0.524. The van der Waals surface area contributed by atoms with Gasteiger partial charge in [0, 0.05) is 25.7 Å². The van der Waals surface area contributed by atoms with Crippen molar-refractivity contribution >= 4 is 5.91 Å². The van der Waals surface area contributed by atoms with Crippen LogP contribution in [0.15, 0.2) is 0 Å². The molecular weight excluding hydrogens is 214 g/mol. The minimum atomic E-state index is 0.110. The van der Waals surface area contributed by atoms with Crippen LogP contribution in [0.3, 0.4) is 0 Å². The molecule has 2 fully saturated rings. The Bertz CT molecular complexity index is 303. The summed E-state index contributed by atoms with van der Waals surface area (Å²) in [4.78, 5) is 16.6. The first-order valence-electron chi connectivity index (χ1n) is 6.63. The normalized spacial score (nSPS) is 34.0. The number of carbonyl (C=O) groups is 1. The van der Waals surface area contributed by atoms with Crippen molar-refractivity contribution < 1.29 is 4.79 Å². The quantitative estimate of drug-likeness (QED) is 0.726. The number of hydrogen-bond donors (Lipinski definition) is 1. The van der Waals surface area contributed by atoms with E-state index in [1.54, 1.807) is 0 Å². The van der Waals surface area contributed by atoms with Gasteiger partial charge in [-0.2, -0.15) is 0 Å². The zero-order chi connectivity index (χ0) is 12.6. The lowest BCUT2D eigenvalue weighted by Crippen LogP contribution is -2.55. The second kappa shape index (κ2) is 4.58. The zero-order valence-corrected chi connectivity index (χ0v) is 11.3. The van der Waals surface area contributed by atoms with Gasteiger partial charge in [0.25, 0.3) is 0 Å². The Hall–Kier alpha value is -0.610.